The van der Waals surface area contributed by atoms with Gasteiger partial charge in [-0.2, -0.15) is 0 Å². The van der Waals surface area contributed by atoms with E-state index in [-0.39, 0.29) is 18.8 Å². The third-order valence-corrected chi connectivity index (χ3v) is 7.00. The zero-order valence-electron chi connectivity index (χ0n) is 16.8. The first-order valence-corrected chi connectivity index (χ1v) is 11.5. The van der Waals surface area contributed by atoms with Crippen LogP contribution in [0.2, 0.25) is 0 Å². The Morgan fingerprint density at radius 1 is 0.906 bits per heavy atom. The van der Waals surface area contributed by atoms with Crippen molar-refractivity contribution in [1.29, 1.82) is 0 Å². The number of para-hydroxylation sites is 1. The molecular formula is C23H19F3N2O3S. The minimum atomic E-state index is -4.26. The number of anilines is 2. The molecule has 4 rings (SSSR count). The van der Waals surface area contributed by atoms with Crippen molar-refractivity contribution < 1.29 is 26.4 Å². The fourth-order valence-electron chi connectivity index (χ4n) is 3.69. The lowest BCUT2D eigenvalue weighted by Crippen LogP contribution is -2.39. The van der Waals surface area contributed by atoms with Crippen LogP contribution in [0.5, 0.6) is 0 Å². The zero-order valence-corrected chi connectivity index (χ0v) is 17.6. The van der Waals surface area contributed by atoms with Crippen LogP contribution in [0.25, 0.3) is 0 Å². The van der Waals surface area contributed by atoms with Gasteiger partial charge in [0.1, 0.15) is 10.5 Å². The molecule has 0 saturated carbocycles. The predicted molar refractivity (Wildman–Crippen MR) is 115 cm³/mol. The average molecular weight is 460 g/mol. The first-order valence-electron chi connectivity index (χ1n) is 9.88. The van der Waals surface area contributed by atoms with Gasteiger partial charge in [-0.1, -0.05) is 48.5 Å². The second kappa shape index (κ2) is 8.66. The molecule has 0 spiro atoms. The number of fused-ring (bicyclic) bond motifs is 1. The van der Waals surface area contributed by atoms with Crippen molar-refractivity contribution in [3.05, 3.63) is 89.2 Å². The van der Waals surface area contributed by atoms with Gasteiger partial charge in [-0.05, 0) is 24.1 Å². The molecule has 0 atom stereocenters. The number of rotatable bonds is 5. The number of amides is 1. The molecule has 9 heteroatoms. The van der Waals surface area contributed by atoms with E-state index in [0.29, 0.717) is 6.42 Å². The smallest absolute Gasteiger partial charge is 0.261 e. The fourth-order valence-corrected chi connectivity index (χ4v) is 5.23. The number of hydrogen-bond acceptors (Lipinski definition) is 4. The minimum absolute atomic E-state index is 0.107. The molecule has 1 N–H and O–H groups in total. The van der Waals surface area contributed by atoms with Crippen LogP contribution in [-0.4, -0.2) is 33.2 Å². The molecule has 1 amide bonds. The molecule has 0 aliphatic carbocycles. The van der Waals surface area contributed by atoms with Crippen LogP contribution in [0.15, 0.2) is 65.6 Å². The molecular weight excluding hydrogens is 441 g/mol. The Morgan fingerprint density at radius 2 is 1.53 bits per heavy atom. The number of sulfone groups is 1. The van der Waals surface area contributed by atoms with Crippen molar-refractivity contribution in [3.8, 4) is 0 Å². The summed E-state index contributed by atoms with van der Waals surface area (Å²) in [5, 5.41) is 2.31. The van der Waals surface area contributed by atoms with E-state index < -0.39 is 55.1 Å². The number of nitrogens with one attached hydrogen (secondary N) is 1. The summed E-state index contributed by atoms with van der Waals surface area (Å²) in [5.41, 5.74) is -0.605. The van der Waals surface area contributed by atoms with Crippen molar-refractivity contribution in [2.45, 2.75) is 11.3 Å². The van der Waals surface area contributed by atoms with Crippen molar-refractivity contribution >= 4 is 27.1 Å². The number of hydrogen-bond donors (Lipinski definition) is 1. The highest BCUT2D eigenvalue weighted by atomic mass is 32.2. The SMILES string of the molecule is O=C(Nc1ccccc1)c1c(F)c(F)c2c(c1F)N(CCc1ccccc1)CCS2(=O)=O. The molecule has 3 aromatic rings. The van der Waals surface area contributed by atoms with Gasteiger partial charge in [0.15, 0.2) is 27.3 Å². The van der Waals surface area contributed by atoms with Gasteiger partial charge in [-0.3, -0.25) is 4.79 Å². The molecule has 32 heavy (non-hydrogen) atoms. The van der Waals surface area contributed by atoms with E-state index in [9.17, 15) is 22.0 Å². The molecule has 0 saturated heterocycles. The van der Waals surface area contributed by atoms with Gasteiger partial charge >= 0.3 is 0 Å². The molecule has 0 fully saturated rings. The van der Waals surface area contributed by atoms with Crippen LogP contribution in [0.1, 0.15) is 15.9 Å². The molecule has 0 bridgehead atoms. The van der Waals surface area contributed by atoms with E-state index in [0.717, 1.165) is 5.56 Å². The normalized spacial score (nSPS) is 14.7. The second-order valence-electron chi connectivity index (χ2n) is 7.36. The van der Waals surface area contributed by atoms with Crippen LogP contribution >= 0.6 is 0 Å². The summed E-state index contributed by atoms with van der Waals surface area (Å²) in [6.07, 6.45) is 0.421. The Kier molecular flexibility index (Phi) is 5.92. The molecule has 0 radical (unpaired) electrons. The highest BCUT2D eigenvalue weighted by Crippen LogP contribution is 2.39. The molecule has 166 valence electrons. The summed E-state index contributed by atoms with van der Waals surface area (Å²) < 4.78 is 70.2. The quantitative estimate of drug-likeness (QED) is 0.580. The highest BCUT2D eigenvalue weighted by molar-refractivity contribution is 7.91. The number of carbonyl (C=O) groups excluding carboxylic acids is 1. The van der Waals surface area contributed by atoms with Gasteiger partial charge in [0.25, 0.3) is 5.91 Å². The Morgan fingerprint density at radius 3 is 2.19 bits per heavy atom. The largest absolute Gasteiger partial charge is 0.367 e. The maximum absolute atomic E-state index is 15.5. The first kappa shape index (κ1) is 21.9. The van der Waals surface area contributed by atoms with Crippen molar-refractivity contribution in [1.82, 2.24) is 0 Å². The lowest BCUT2D eigenvalue weighted by Gasteiger charge is -2.32. The fraction of sp³-hybridized carbons (Fsp3) is 0.174. The predicted octanol–water partition coefficient (Wildman–Crippen LogP) is 4.19. The van der Waals surface area contributed by atoms with Gasteiger partial charge in [0, 0.05) is 18.8 Å². The van der Waals surface area contributed by atoms with E-state index in [1.807, 2.05) is 30.3 Å². The van der Waals surface area contributed by atoms with Crippen molar-refractivity contribution in [2.75, 3.05) is 29.1 Å². The van der Waals surface area contributed by atoms with Gasteiger partial charge in [-0.15, -0.1) is 0 Å². The van der Waals surface area contributed by atoms with Crippen molar-refractivity contribution in [3.63, 3.8) is 0 Å². The van der Waals surface area contributed by atoms with E-state index in [1.165, 1.54) is 17.0 Å². The lowest BCUT2D eigenvalue weighted by atomic mass is 10.1. The van der Waals surface area contributed by atoms with E-state index >= 15 is 4.39 Å². The summed E-state index contributed by atoms with van der Waals surface area (Å²) in [4.78, 5) is 12.9. The molecule has 0 unspecified atom stereocenters. The molecule has 3 aromatic carbocycles. The van der Waals surface area contributed by atoms with Crippen LogP contribution in [0.4, 0.5) is 24.5 Å². The van der Waals surface area contributed by atoms with E-state index in [2.05, 4.69) is 5.32 Å². The molecule has 1 aliphatic heterocycles. The average Bonchev–Trinajstić information content (AvgIpc) is 2.77. The maximum atomic E-state index is 15.5. The molecule has 0 aromatic heterocycles. The number of carbonyl (C=O) groups is 1. The Bertz CT molecular complexity index is 1270. The van der Waals surface area contributed by atoms with Crippen LogP contribution in [-0.2, 0) is 16.3 Å². The topological polar surface area (TPSA) is 66.5 Å². The first-order chi connectivity index (χ1) is 15.3. The summed E-state index contributed by atoms with van der Waals surface area (Å²) in [5.74, 6) is -6.67. The Balaban J connectivity index is 1.77. The van der Waals surface area contributed by atoms with Crippen LogP contribution < -0.4 is 10.2 Å². The van der Waals surface area contributed by atoms with Gasteiger partial charge in [0.05, 0.1) is 11.4 Å². The van der Waals surface area contributed by atoms with Gasteiger partial charge in [-0.25, -0.2) is 21.6 Å². The van der Waals surface area contributed by atoms with Crippen molar-refractivity contribution in [2.24, 2.45) is 0 Å². The zero-order chi connectivity index (χ0) is 22.9. The molecule has 1 heterocycles. The van der Waals surface area contributed by atoms with Crippen LogP contribution in [0, 0.1) is 17.5 Å². The second-order valence-corrected chi connectivity index (χ2v) is 9.40. The van der Waals surface area contributed by atoms with E-state index in [4.69, 9.17) is 0 Å². The monoisotopic (exact) mass is 460 g/mol. The third kappa shape index (κ3) is 4.08. The highest BCUT2D eigenvalue weighted by Gasteiger charge is 2.39. The van der Waals surface area contributed by atoms with Gasteiger partial charge < -0.3 is 10.2 Å². The Hall–Kier alpha value is -3.33. The summed E-state index contributed by atoms with van der Waals surface area (Å²) in [7, 11) is -4.26. The minimum Gasteiger partial charge on any atom is -0.367 e. The number of benzene rings is 3. The standard InChI is InChI=1S/C23H19F3N2O3S/c24-18-17(23(29)27-16-9-5-2-6-10-16)19(25)21-22(20(18)26)32(30,31)14-13-28(21)12-11-15-7-3-1-4-8-15/h1-10H,11-14H2,(H,27,29). The van der Waals surface area contributed by atoms with E-state index in [1.54, 1.807) is 18.2 Å². The molecule has 1 aliphatic rings. The third-order valence-electron chi connectivity index (χ3n) is 5.28. The number of halogens is 3. The van der Waals surface area contributed by atoms with Crippen LogP contribution in [0.3, 0.4) is 0 Å². The maximum Gasteiger partial charge on any atom is 0.261 e. The lowest BCUT2D eigenvalue weighted by molar-refractivity contribution is 0.101. The summed E-state index contributed by atoms with van der Waals surface area (Å²) in [6, 6.07) is 17.1. The number of nitrogens with zero attached hydrogens (tertiary/aromatic N) is 1. The van der Waals surface area contributed by atoms with Gasteiger partial charge in [0.2, 0.25) is 0 Å². The summed E-state index contributed by atoms with van der Waals surface area (Å²) in [6.45, 7) is 0.0537. The Labute approximate surface area is 183 Å². The molecule has 5 nitrogen and oxygen atoms in total. The summed E-state index contributed by atoms with van der Waals surface area (Å²) >= 11 is 0.